The maximum Gasteiger partial charge on any atom is 0.0416 e. The molecule has 0 spiro atoms. The lowest BCUT2D eigenvalue weighted by atomic mass is 10.0. The Morgan fingerprint density at radius 2 is 2.08 bits per heavy atom. The lowest BCUT2D eigenvalue weighted by molar-refractivity contribution is 0.917. The molecule has 62 valence electrons. The topological polar surface area (TPSA) is 12.0 Å². The number of allylic oxidation sites excluding steroid dienone is 1. The van der Waals surface area contributed by atoms with Gasteiger partial charge in [0.1, 0.15) is 0 Å². The standard InChI is InChI=1S/C11H13N/c1-9-5-4-8-12-11-7-3-2-6-10(9)11/h2-3,6-7,12H,1,4-5,8H2. The second kappa shape index (κ2) is 3.02. The molecule has 0 unspecified atom stereocenters. The fraction of sp³-hybridized carbons (Fsp3) is 0.273. The zero-order valence-electron chi connectivity index (χ0n) is 7.14. The second-order valence-electron chi connectivity index (χ2n) is 3.18. The number of nitrogens with one attached hydrogen (secondary N) is 1. The zero-order valence-corrected chi connectivity index (χ0v) is 7.14. The number of rotatable bonds is 0. The van der Waals surface area contributed by atoms with Crippen molar-refractivity contribution in [2.75, 3.05) is 11.9 Å². The molecule has 1 aromatic carbocycles. The van der Waals surface area contributed by atoms with Crippen molar-refractivity contribution in [2.45, 2.75) is 12.8 Å². The van der Waals surface area contributed by atoms with Crippen LogP contribution >= 0.6 is 0 Å². The molecule has 1 aromatic rings. The molecular formula is C11H13N. The van der Waals surface area contributed by atoms with E-state index in [1.165, 1.54) is 23.2 Å². The van der Waals surface area contributed by atoms with Crippen LogP contribution in [0.3, 0.4) is 0 Å². The third-order valence-electron chi connectivity index (χ3n) is 2.28. The number of fused-ring (bicyclic) bond motifs is 1. The zero-order chi connectivity index (χ0) is 8.39. The van der Waals surface area contributed by atoms with Gasteiger partial charge in [-0.25, -0.2) is 0 Å². The van der Waals surface area contributed by atoms with E-state index in [-0.39, 0.29) is 0 Å². The minimum absolute atomic E-state index is 1.07. The van der Waals surface area contributed by atoms with Gasteiger partial charge in [-0.05, 0) is 24.5 Å². The van der Waals surface area contributed by atoms with E-state index >= 15 is 0 Å². The quantitative estimate of drug-likeness (QED) is 0.613. The molecule has 1 heterocycles. The van der Waals surface area contributed by atoms with Crippen LogP contribution in [0.25, 0.3) is 5.57 Å². The summed E-state index contributed by atoms with van der Waals surface area (Å²) in [5.74, 6) is 0. The van der Waals surface area contributed by atoms with Crippen molar-refractivity contribution in [3.05, 3.63) is 36.4 Å². The Kier molecular flexibility index (Phi) is 1.86. The first-order chi connectivity index (χ1) is 5.88. The van der Waals surface area contributed by atoms with E-state index in [2.05, 4.69) is 36.2 Å². The van der Waals surface area contributed by atoms with E-state index in [1.807, 2.05) is 0 Å². The molecule has 0 aromatic heterocycles. The number of hydrogen-bond donors (Lipinski definition) is 1. The molecule has 2 rings (SSSR count). The lowest BCUT2D eigenvalue weighted by Crippen LogP contribution is -1.98. The highest BCUT2D eigenvalue weighted by atomic mass is 14.9. The van der Waals surface area contributed by atoms with Gasteiger partial charge in [0.25, 0.3) is 0 Å². The van der Waals surface area contributed by atoms with Gasteiger partial charge in [-0.3, -0.25) is 0 Å². The van der Waals surface area contributed by atoms with Crippen LogP contribution in [-0.4, -0.2) is 6.54 Å². The van der Waals surface area contributed by atoms with Crippen LogP contribution in [0, 0.1) is 0 Å². The second-order valence-corrected chi connectivity index (χ2v) is 3.18. The Balaban J connectivity index is 2.46. The maximum atomic E-state index is 4.08. The largest absolute Gasteiger partial charge is 0.385 e. The van der Waals surface area contributed by atoms with E-state index in [0.29, 0.717) is 0 Å². The Morgan fingerprint density at radius 3 is 3.00 bits per heavy atom. The summed E-state index contributed by atoms with van der Waals surface area (Å²) in [4.78, 5) is 0. The number of benzene rings is 1. The molecule has 1 aliphatic heterocycles. The molecular weight excluding hydrogens is 146 g/mol. The summed E-state index contributed by atoms with van der Waals surface area (Å²) in [6.07, 6.45) is 2.30. The maximum absolute atomic E-state index is 4.08. The molecule has 1 N–H and O–H groups in total. The molecule has 0 aliphatic carbocycles. The third-order valence-corrected chi connectivity index (χ3v) is 2.28. The predicted molar refractivity (Wildman–Crippen MR) is 53.2 cm³/mol. The van der Waals surface area contributed by atoms with Crippen molar-refractivity contribution in [1.29, 1.82) is 0 Å². The normalized spacial score (nSPS) is 16.2. The van der Waals surface area contributed by atoms with Crippen molar-refractivity contribution in [3.8, 4) is 0 Å². The van der Waals surface area contributed by atoms with E-state index in [9.17, 15) is 0 Å². The molecule has 12 heavy (non-hydrogen) atoms. The van der Waals surface area contributed by atoms with Crippen LogP contribution < -0.4 is 5.32 Å². The van der Waals surface area contributed by atoms with E-state index in [0.717, 1.165) is 13.0 Å². The molecule has 0 saturated heterocycles. The summed E-state index contributed by atoms with van der Waals surface area (Å²) in [5, 5.41) is 3.39. The smallest absolute Gasteiger partial charge is 0.0416 e. The molecule has 1 nitrogen and oxygen atoms in total. The van der Waals surface area contributed by atoms with Gasteiger partial charge in [-0.2, -0.15) is 0 Å². The average Bonchev–Trinajstić information content (AvgIpc) is 2.29. The summed E-state index contributed by atoms with van der Waals surface area (Å²) in [5.41, 5.74) is 3.78. The lowest BCUT2D eigenvalue weighted by Gasteiger charge is -2.06. The first-order valence-electron chi connectivity index (χ1n) is 4.39. The Hall–Kier alpha value is -1.24. The molecule has 0 bridgehead atoms. The van der Waals surface area contributed by atoms with Crippen LogP contribution in [0.2, 0.25) is 0 Å². The van der Waals surface area contributed by atoms with Gasteiger partial charge < -0.3 is 5.32 Å². The minimum atomic E-state index is 1.07. The van der Waals surface area contributed by atoms with Gasteiger partial charge >= 0.3 is 0 Å². The summed E-state index contributed by atoms with van der Waals surface area (Å²) >= 11 is 0. The highest BCUT2D eigenvalue weighted by Crippen LogP contribution is 2.28. The summed E-state index contributed by atoms with van der Waals surface area (Å²) in [6, 6.07) is 8.38. The fourth-order valence-electron chi connectivity index (χ4n) is 1.61. The molecule has 1 aliphatic rings. The van der Waals surface area contributed by atoms with Gasteiger partial charge in [0.15, 0.2) is 0 Å². The van der Waals surface area contributed by atoms with Gasteiger partial charge in [-0.1, -0.05) is 24.8 Å². The van der Waals surface area contributed by atoms with Crippen LogP contribution in [0.15, 0.2) is 30.8 Å². The molecule has 0 radical (unpaired) electrons. The van der Waals surface area contributed by atoms with Crippen molar-refractivity contribution >= 4 is 11.3 Å². The van der Waals surface area contributed by atoms with Gasteiger partial charge in [0.2, 0.25) is 0 Å². The van der Waals surface area contributed by atoms with Crippen molar-refractivity contribution in [2.24, 2.45) is 0 Å². The van der Waals surface area contributed by atoms with Gasteiger partial charge in [0.05, 0.1) is 0 Å². The molecule has 0 fully saturated rings. The highest BCUT2D eigenvalue weighted by molar-refractivity contribution is 5.75. The van der Waals surface area contributed by atoms with Crippen LogP contribution in [-0.2, 0) is 0 Å². The monoisotopic (exact) mass is 159 g/mol. The van der Waals surface area contributed by atoms with Crippen LogP contribution in [0.1, 0.15) is 18.4 Å². The molecule has 0 atom stereocenters. The van der Waals surface area contributed by atoms with Crippen molar-refractivity contribution < 1.29 is 0 Å². The first-order valence-corrected chi connectivity index (χ1v) is 4.39. The number of hydrogen-bond acceptors (Lipinski definition) is 1. The van der Waals surface area contributed by atoms with Crippen molar-refractivity contribution in [3.63, 3.8) is 0 Å². The van der Waals surface area contributed by atoms with Gasteiger partial charge in [-0.15, -0.1) is 0 Å². The average molecular weight is 159 g/mol. The summed E-state index contributed by atoms with van der Waals surface area (Å²) in [7, 11) is 0. The van der Waals surface area contributed by atoms with E-state index < -0.39 is 0 Å². The third kappa shape index (κ3) is 1.22. The number of para-hydroxylation sites is 1. The Morgan fingerprint density at radius 1 is 1.25 bits per heavy atom. The fourth-order valence-corrected chi connectivity index (χ4v) is 1.61. The molecule has 0 amide bonds. The summed E-state index contributed by atoms with van der Waals surface area (Å²) in [6.45, 7) is 5.14. The van der Waals surface area contributed by atoms with Crippen molar-refractivity contribution in [1.82, 2.24) is 0 Å². The van der Waals surface area contributed by atoms with E-state index in [4.69, 9.17) is 0 Å². The highest BCUT2D eigenvalue weighted by Gasteiger charge is 2.08. The summed E-state index contributed by atoms with van der Waals surface area (Å²) < 4.78 is 0. The van der Waals surface area contributed by atoms with E-state index in [1.54, 1.807) is 0 Å². The predicted octanol–water partition coefficient (Wildman–Crippen LogP) is 2.91. The SMILES string of the molecule is C=C1CCCNc2ccccc21. The van der Waals surface area contributed by atoms with Gasteiger partial charge in [0, 0.05) is 17.8 Å². The Labute approximate surface area is 73.1 Å². The first kappa shape index (κ1) is 7.41. The van der Waals surface area contributed by atoms with Crippen LogP contribution in [0.4, 0.5) is 5.69 Å². The molecule has 1 heteroatoms. The minimum Gasteiger partial charge on any atom is -0.385 e. The number of anilines is 1. The Bertz CT molecular complexity index is 302. The molecule has 0 saturated carbocycles. The van der Waals surface area contributed by atoms with Crippen LogP contribution in [0.5, 0.6) is 0 Å².